The van der Waals surface area contributed by atoms with Crippen LogP contribution in [-0.2, 0) is 14.3 Å². The maximum Gasteiger partial charge on any atom is 0.305 e. The highest BCUT2D eigenvalue weighted by Gasteiger charge is 2.07. The van der Waals surface area contributed by atoms with Gasteiger partial charge in [-0.3, -0.25) is 4.79 Å². The Bertz CT molecular complexity index is 195. The minimum Gasteiger partial charge on any atom is -0.463 e. The molecule has 0 fully saturated rings. The molecular formula is C13H27NO3. The lowest BCUT2D eigenvalue weighted by molar-refractivity contribution is -0.145. The van der Waals surface area contributed by atoms with Crippen LogP contribution in [0.3, 0.4) is 0 Å². The second-order valence-corrected chi connectivity index (χ2v) is 4.91. The molecule has 0 aromatic rings. The van der Waals surface area contributed by atoms with E-state index in [0.717, 1.165) is 12.8 Å². The lowest BCUT2D eigenvalue weighted by Crippen LogP contribution is -2.14. The third kappa shape index (κ3) is 11.6. The van der Waals surface area contributed by atoms with Gasteiger partial charge in [-0.15, -0.1) is 0 Å². The van der Waals surface area contributed by atoms with E-state index < -0.39 is 0 Å². The van der Waals surface area contributed by atoms with Gasteiger partial charge in [0.1, 0.15) is 6.61 Å². The molecule has 0 bridgehead atoms. The maximum atomic E-state index is 11.3. The first-order valence-electron chi connectivity index (χ1n) is 6.49. The van der Waals surface area contributed by atoms with Gasteiger partial charge in [-0.25, -0.2) is 0 Å². The van der Waals surface area contributed by atoms with Crippen molar-refractivity contribution in [3.05, 3.63) is 0 Å². The zero-order valence-electron chi connectivity index (χ0n) is 11.4. The monoisotopic (exact) mass is 245 g/mol. The Morgan fingerprint density at radius 2 is 1.88 bits per heavy atom. The van der Waals surface area contributed by atoms with E-state index in [-0.39, 0.29) is 5.97 Å². The number of esters is 1. The van der Waals surface area contributed by atoms with E-state index in [9.17, 15) is 4.79 Å². The van der Waals surface area contributed by atoms with Crippen molar-refractivity contribution in [2.24, 2.45) is 17.6 Å². The highest BCUT2D eigenvalue weighted by molar-refractivity contribution is 5.69. The van der Waals surface area contributed by atoms with Gasteiger partial charge >= 0.3 is 5.97 Å². The number of hydrogen-bond donors (Lipinski definition) is 1. The first-order chi connectivity index (χ1) is 8.06. The zero-order valence-corrected chi connectivity index (χ0v) is 11.4. The van der Waals surface area contributed by atoms with Crippen molar-refractivity contribution in [1.82, 2.24) is 0 Å². The average molecular weight is 245 g/mol. The molecule has 0 radical (unpaired) electrons. The van der Waals surface area contributed by atoms with Crippen molar-refractivity contribution in [2.75, 3.05) is 26.4 Å². The van der Waals surface area contributed by atoms with Gasteiger partial charge < -0.3 is 15.2 Å². The molecule has 1 unspecified atom stereocenters. The molecule has 0 aliphatic heterocycles. The molecule has 17 heavy (non-hydrogen) atoms. The third-order valence-corrected chi connectivity index (χ3v) is 2.44. The second-order valence-electron chi connectivity index (χ2n) is 4.91. The molecule has 2 N–H and O–H groups in total. The van der Waals surface area contributed by atoms with Gasteiger partial charge in [0.15, 0.2) is 0 Å². The van der Waals surface area contributed by atoms with Gasteiger partial charge in [-0.05, 0) is 31.2 Å². The summed E-state index contributed by atoms with van der Waals surface area (Å²) in [6.07, 6.45) is 2.29. The summed E-state index contributed by atoms with van der Waals surface area (Å²) >= 11 is 0. The van der Waals surface area contributed by atoms with E-state index in [0.29, 0.717) is 44.6 Å². The number of nitrogens with two attached hydrogens (primary N) is 1. The number of carbonyl (C=O) groups excluding carboxylic acids is 1. The summed E-state index contributed by atoms with van der Waals surface area (Å²) in [5.74, 6) is 0.870. The molecule has 0 aromatic carbocycles. The van der Waals surface area contributed by atoms with E-state index in [1.54, 1.807) is 0 Å². The molecule has 0 aliphatic carbocycles. The van der Waals surface area contributed by atoms with Crippen LogP contribution in [0.15, 0.2) is 0 Å². The number of carbonyl (C=O) groups is 1. The van der Waals surface area contributed by atoms with Crippen molar-refractivity contribution < 1.29 is 14.3 Å². The van der Waals surface area contributed by atoms with Crippen LogP contribution in [0.25, 0.3) is 0 Å². The summed E-state index contributed by atoms with van der Waals surface area (Å²) in [6, 6.07) is 0. The van der Waals surface area contributed by atoms with Gasteiger partial charge in [0, 0.05) is 13.0 Å². The maximum absolute atomic E-state index is 11.3. The normalized spacial score (nSPS) is 12.8. The van der Waals surface area contributed by atoms with Gasteiger partial charge in [0.25, 0.3) is 0 Å². The minimum atomic E-state index is -0.137. The molecule has 0 saturated carbocycles. The van der Waals surface area contributed by atoms with Crippen LogP contribution in [0, 0.1) is 11.8 Å². The van der Waals surface area contributed by atoms with Crippen molar-refractivity contribution in [3.8, 4) is 0 Å². The SMILES string of the molecule is CC(C)COCCOC(=O)CCC(C)CCN. The smallest absolute Gasteiger partial charge is 0.305 e. The van der Waals surface area contributed by atoms with Crippen molar-refractivity contribution >= 4 is 5.97 Å². The van der Waals surface area contributed by atoms with Gasteiger partial charge in [-0.1, -0.05) is 20.8 Å². The van der Waals surface area contributed by atoms with Crippen LogP contribution in [0.4, 0.5) is 0 Å². The largest absolute Gasteiger partial charge is 0.463 e. The van der Waals surface area contributed by atoms with Crippen LogP contribution < -0.4 is 5.73 Å². The molecule has 0 rings (SSSR count). The molecule has 4 nitrogen and oxygen atoms in total. The van der Waals surface area contributed by atoms with Gasteiger partial charge in [-0.2, -0.15) is 0 Å². The molecule has 0 aliphatic rings. The number of rotatable bonds is 10. The van der Waals surface area contributed by atoms with Crippen LogP contribution in [0.5, 0.6) is 0 Å². The molecule has 0 spiro atoms. The van der Waals surface area contributed by atoms with Crippen LogP contribution in [0.1, 0.15) is 40.0 Å². The fourth-order valence-electron chi connectivity index (χ4n) is 1.40. The molecule has 4 heteroatoms. The standard InChI is InChI=1S/C13H27NO3/c1-11(2)10-16-8-9-17-13(15)5-4-12(3)6-7-14/h11-12H,4-10,14H2,1-3H3. The molecule has 0 amide bonds. The Labute approximate surface area is 105 Å². The van der Waals surface area contributed by atoms with E-state index in [1.807, 2.05) is 0 Å². The molecule has 0 saturated heterocycles. The van der Waals surface area contributed by atoms with Crippen LogP contribution >= 0.6 is 0 Å². The Balaban J connectivity index is 3.34. The quantitative estimate of drug-likeness (QED) is 0.472. The highest BCUT2D eigenvalue weighted by atomic mass is 16.6. The van der Waals surface area contributed by atoms with Crippen molar-refractivity contribution in [3.63, 3.8) is 0 Å². The summed E-state index contributed by atoms with van der Waals surface area (Å²) in [4.78, 5) is 11.3. The van der Waals surface area contributed by atoms with E-state index in [4.69, 9.17) is 15.2 Å². The molecule has 0 aromatic heterocycles. The summed E-state index contributed by atoms with van der Waals surface area (Å²) in [6.45, 7) is 8.52. The predicted octanol–water partition coefficient (Wildman–Crippen LogP) is 1.97. The van der Waals surface area contributed by atoms with Crippen molar-refractivity contribution in [1.29, 1.82) is 0 Å². The lowest BCUT2D eigenvalue weighted by atomic mass is 10.0. The molecule has 0 heterocycles. The topological polar surface area (TPSA) is 61.5 Å². The predicted molar refractivity (Wildman–Crippen MR) is 68.7 cm³/mol. The summed E-state index contributed by atoms with van der Waals surface area (Å²) in [5.41, 5.74) is 5.44. The van der Waals surface area contributed by atoms with Gasteiger partial charge in [0.05, 0.1) is 6.61 Å². The minimum absolute atomic E-state index is 0.137. The van der Waals surface area contributed by atoms with E-state index >= 15 is 0 Å². The first-order valence-corrected chi connectivity index (χ1v) is 6.49. The van der Waals surface area contributed by atoms with Crippen LogP contribution in [-0.4, -0.2) is 32.3 Å². The third-order valence-electron chi connectivity index (χ3n) is 2.44. The number of hydrogen-bond acceptors (Lipinski definition) is 4. The van der Waals surface area contributed by atoms with Crippen LogP contribution in [0.2, 0.25) is 0 Å². The van der Waals surface area contributed by atoms with Crippen molar-refractivity contribution in [2.45, 2.75) is 40.0 Å². The van der Waals surface area contributed by atoms with E-state index in [2.05, 4.69) is 20.8 Å². The molecule has 1 atom stereocenters. The fraction of sp³-hybridized carbons (Fsp3) is 0.923. The van der Waals surface area contributed by atoms with Gasteiger partial charge in [0.2, 0.25) is 0 Å². The first kappa shape index (κ1) is 16.4. The second kappa shape index (κ2) is 10.5. The molecular weight excluding hydrogens is 218 g/mol. The zero-order chi connectivity index (χ0) is 13.1. The Morgan fingerprint density at radius 1 is 1.18 bits per heavy atom. The Morgan fingerprint density at radius 3 is 2.47 bits per heavy atom. The fourth-order valence-corrected chi connectivity index (χ4v) is 1.40. The summed E-state index contributed by atoms with van der Waals surface area (Å²) in [5, 5.41) is 0. The van der Waals surface area contributed by atoms with E-state index in [1.165, 1.54) is 0 Å². The summed E-state index contributed by atoms with van der Waals surface area (Å²) < 4.78 is 10.4. The molecule has 102 valence electrons. The Kier molecular flexibility index (Phi) is 10.2. The summed E-state index contributed by atoms with van der Waals surface area (Å²) in [7, 11) is 0. The average Bonchev–Trinajstić information content (AvgIpc) is 2.26. The lowest BCUT2D eigenvalue weighted by Gasteiger charge is -2.10. The number of ether oxygens (including phenoxy) is 2. The Hall–Kier alpha value is -0.610. The highest BCUT2D eigenvalue weighted by Crippen LogP contribution is 2.09.